The van der Waals surface area contributed by atoms with Gasteiger partial charge in [-0.05, 0) is 44.2 Å². The van der Waals surface area contributed by atoms with Crippen molar-refractivity contribution in [3.8, 4) is 6.07 Å². The third-order valence-electron chi connectivity index (χ3n) is 1.34. The van der Waals surface area contributed by atoms with Gasteiger partial charge in [0.2, 0.25) is 0 Å². The molecule has 0 fully saturated rings. The van der Waals surface area contributed by atoms with Crippen molar-refractivity contribution in [2.24, 2.45) is 0 Å². The van der Waals surface area contributed by atoms with E-state index in [9.17, 15) is 0 Å². The summed E-state index contributed by atoms with van der Waals surface area (Å²) >= 11 is 7.49. The predicted molar refractivity (Wildman–Crippen MR) is 55.7 cm³/mol. The van der Waals surface area contributed by atoms with Crippen LogP contribution in [0.2, 0.25) is 5.02 Å². The summed E-state index contributed by atoms with van der Waals surface area (Å²) in [7, 11) is 3.89. The van der Waals surface area contributed by atoms with Crippen LogP contribution < -0.4 is 0 Å². The fraction of sp³-hybridized carbons (Fsp3) is 0.222. The first-order valence-corrected chi connectivity index (χ1v) is 4.83. The maximum atomic E-state index is 8.61. The second-order valence-electron chi connectivity index (χ2n) is 2.66. The zero-order valence-corrected chi connectivity index (χ0v) is 8.99. The highest BCUT2D eigenvalue weighted by Crippen LogP contribution is 2.28. The fourth-order valence-corrected chi connectivity index (χ4v) is 1.79. The van der Waals surface area contributed by atoms with Crippen LogP contribution in [-0.4, -0.2) is 18.4 Å². The minimum atomic E-state index is 0.591. The molecule has 0 aromatic heterocycles. The molecule has 0 unspecified atom stereocenters. The van der Waals surface area contributed by atoms with Gasteiger partial charge in [-0.15, -0.1) is 0 Å². The molecule has 0 bridgehead atoms. The van der Waals surface area contributed by atoms with Crippen LogP contribution in [-0.2, 0) is 0 Å². The Kier molecular flexibility index (Phi) is 3.61. The lowest BCUT2D eigenvalue weighted by Gasteiger charge is -2.09. The molecular weight excluding hydrogens is 204 g/mol. The lowest BCUT2D eigenvalue weighted by Crippen LogP contribution is -1.98. The van der Waals surface area contributed by atoms with E-state index in [0.29, 0.717) is 10.6 Å². The molecule has 0 aliphatic carbocycles. The molecule has 2 nitrogen and oxygen atoms in total. The van der Waals surface area contributed by atoms with E-state index in [1.54, 1.807) is 12.1 Å². The Hall–Kier alpha value is -0.690. The molecule has 1 aromatic carbocycles. The van der Waals surface area contributed by atoms with Gasteiger partial charge in [0.15, 0.2) is 0 Å². The number of hydrogen-bond acceptors (Lipinski definition) is 3. The van der Waals surface area contributed by atoms with Crippen molar-refractivity contribution in [3.63, 3.8) is 0 Å². The van der Waals surface area contributed by atoms with E-state index in [-0.39, 0.29) is 0 Å². The van der Waals surface area contributed by atoms with Crippen LogP contribution in [0.15, 0.2) is 23.1 Å². The van der Waals surface area contributed by atoms with Gasteiger partial charge in [-0.25, -0.2) is 0 Å². The van der Waals surface area contributed by atoms with Gasteiger partial charge < -0.3 is 0 Å². The lowest BCUT2D eigenvalue weighted by molar-refractivity contribution is 0.702. The van der Waals surface area contributed by atoms with Crippen molar-refractivity contribution in [2.75, 3.05) is 14.1 Å². The first-order valence-electron chi connectivity index (χ1n) is 3.68. The number of hydrogen-bond donors (Lipinski definition) is 0. The zero-order valence-electron chi connectivity index (χ0n) is 7.41. The van der Waals surface area contributed by atoms with E-state index in [4.69, 9.17) is 16.9 Å². The van der Waals surface area contributed by atoms with Gasteiger partial charge in [0.05, 0.1) is 16.7 Å². The summed E-state index contributed by atoms with van der Waals surface area (Å²) < 4.78 is 1.95. The Bertz CT molecular complexity index is 344. The Morgan fingerprint density at radius 2 is 2.15 bits per heavy atom. The third-order valence-corrected chi connectivity index (χ3v) is 2.68. The lowest BCUT2D eigenvalue weighted by atomic mass is 10.2. The molecule has 0 saturated carbocycles. The van der Waals surface area contributed by atoms with Crippen molar-refractivity contribution in [1.29, 1.82) is 5.26 Å². The summed E-state index contributed by atoms with van der Waals surface area (Å²) in [5, 5.41) is 9.23. The molecular formula is C9H9ClN2S. The summed E-state index contributed by atoms with van der Waals surface area (Å²) in [6.07, 6.45) is 0. The molecule has 0 N–H and O–H groups in total. The molecule has 1 rings (SSSR count). The fourth-order valence-electron chi connectivity index (χ4n) is 0.841. The molecule has 1 aromatic rings. The average molecular weight is 213 g/mol. The molecule has 13 heavy (non-hydrogen) atoms. The van der Waals surface area contributed by atoms with Gasteiger partial charge in [0.25, 0.3) is 0 Å². The highest BCUT2D eigenvalue weighted by atomic mass is 35.5. The summed E-state index contributed by atoms with van der Waals surface area (Å²) in [5.74, 6) is 0. The van der Waals surface area contributed by atoms with Crippen molar-refractivity contribution in [3.05, 3.63) is 28.8 Å². The number of rotatable bonds is 2. The van der Waals surface area contributed by atoms with E-state index in [2.05, 4.69) is 0 Å². The quantitative estimate of drug-likeness (QED) is 0.706. The topological polar surface area (TPSA) is 27.0 Å². The van der Waals surface area contributed by atoms with Crippen LogP contribution in [0, 0.1) is 11.3 Å². The van der Waals surface area contributed by atoms with Crippen LogP contribution in [0.3, 0.4) is 0 Å². The molecule has 0 spiro atoms. The number of halogens is 1. The minimum absolute atomic E-state index is 0.591. The van der Waals surface area contributed by atoms with Gasteiger partial charge in [0, 0.05) is 4.90 Å². The van der Waals surface area contributed by atoms with Gasteiger partial charge in [-0.2, -0.15) is 5.26 Å². The molecule has 0 aliphatic rings. The zero-order chi connectivity index (χ0) is 9.84. The monoisotopic (exact) mass is 212 g/mol. The maximum absolute atomic E-state index is 8.61. The molecule has 0 radical (unpaired) electrons. The first kappa shape index (κ1) is 10.4. The van der Waals surface area contributed by atoms with Crippen LogP contribution in [0.4, 0.5) is 0 Å². The van der Waals surface area contributed by atoms with E-state index in [1.165, 1.54) is 11.9 Å². The van der Waals surface area contributed by atoms with E-state index < -0.39 is 0 Å². The Labute approximate surface area is 87.2 Å². The van der Waals surface area contributed by atoms with Gasteiger partial charge >= 0.3 is 0 Å². The third kappa shape index (κ3) is 2.92. The van der Waals surface area contributed by atoms with Crippen molar-refractivity contribution >= 4 is 23.5 Å². The van der Waals surface area contributed by atoms with Gasteiger partial charge in [-0.1, -0.05) is 11.6 Å². The molecule has 0 aliphatic heterocycles. The largest absolute Gasteiger partial charge is 0.253 e. The summed E-state index contributed by atoms with van der Waals surface area (Å²) in [6, 6.07) is 7.33. The molecule has 0 heterocycles. The van der Waals surface area contributed by atoms with Gasteiger partial charge in [-0.3, -0.25) is 4.31 Å². The highest BCUT2D eigenvalue weighted by molar-refractivity contribution is 7.97. The second-order valence-corrected chi connectivity index (χ2v) is 4.42. The molecule has 0 amide bonds. The summed E-state index contributed by atoms with van der Waals surface area (Å²) in [4.78, 5) is 0.964. The Morgan fingerprint density at radius 1 is 1.46 bits per heavy atom. The molecule has 4 heteroatoms. The van der Waals surface area contributed by atoms with E-state index in [0.717, 1.165) is 4.90 Å². The normalized spacial score (nSPS) is 10.1. The number of benzene rings is 1. The number of nitrogens with zero attached hydrogens (tertiary/aromatic N) is 2. The standard InChI is InChI=1S/C9H9ClN2S/c1-12(2)13-9-4-3-7(6-11)5-8(9)10/h3-5H,1-2H3. The van der Waals surface area contributed by atoms with Crippen molar-refractivity contribution in [2.45, 2.75) is 4.90 Å². The first-order chi connectivity index (χ1) is 6.13. The van der Waals surface area contributed by atoms with E-state index in [1.807, 2.05) is 30.5 Å². The number of nitriles is 1. The molecule has 0 atom stereocenters. The van der Waals surface area contributed by atoms with Crippen LogP contribution in [0.25, 0.3) is 0 Å². The van der Waals surface area contributed by atoms with Crippen molar-refractivity contribution < 1.29 is 0 Å². The summed E-state index contributed by atoms with van der Waals surface area (Å²) in [5.41, 5.74) is 0.591. The second kappa shape index (κ2) is 4.52. The SMILES string of the molecule is CN(C)Sc1ccc(C#N)cc1Cl. The summed E-state index contributed by atoms with van der Waals surface area (Å²) in [6.45, 7) is 0. The Balaban J connectivity index is 2.93. The highest BCUT2D eigenvalue weighted by Gasteiger charge is 2.03. The van der Waals surface area contributed by atoms with Crippen molar-refractivity contribution in [1.82, 2.24) is 4.31 Å². The van der Waals surface area contributed by atoms with Crippen LogP contribution in [0.5, 0.6) is 0 Å². The smallest absolute Gasteiger partial charge is 0.0992 e. The van der Waals surface area contributed by atoms with E-state index >= 15 is 0 Å². The Morgan fingerprint density at radius 3 is 2.62 bits per heavy atom. The minimum Gasteiger partial charge on any atom is -0.253 e. The van der Waals surface area contributed by atoms with Crippen LogP contribution in [0.1, 0.15) is 5.56 Å². The predicted octanol–water partition coefficient (Wildman–Crippen LogP) is 2.78. The molecule has 0 saturated heterocycles. The van der Waals surface area contributed by atoms with Gasteiger partial charge in [0.1, 0.15) is 0 Å². The average Bonchev–Trinajstić information content (AvgIpc) is 2.08. The molecule has 68 valence electrons. The maximum Gasteiger partial charge on any atom is 0.0992 e. The van der Waals surface area contributed by atoms with Crippen LogP contribution >= 0.6 is 23.5 Å².